The van der Waals surface area contributed by atoms with Gasteiger partial charge in [0, 0.05) is 4.47 Å². The topological polar surface area (TPSA) is 29.5 Å². The van der Waals surface area contributed by atoms with E-state index in [2.05, 4.69) is 63.7 Å². The maximum absolute atomic E-state index is 10.1. The van der Waals surface area contributed by atoms with Crippen molar-refractivity contribution in [3.05, 3.63) is 48.8 Å². The summed E-state index contributed by atoms with van der Waals surface area (Å²) in [6.45, 7) is 0. The Morgan fingerprint density at radius 3 is 2.63 bits per heavy atom. The van der Waals surface area contributed by atoms with Gasteiger partial charge in [0.1, 0.15) is 11.9 Å². The summed E-state index contributed by atoms with van der Waals surface area (Å²) in [5, 5.41) is 10.6. The molecule has 1 aliphatic rings. The van der Waals surface area contributed by atoms with E-state index in [1.165, 1.54) is 0 Å². The maximum atomic E-state index is 10.1. The van der Waals surface area contributed by atoms with E-state index in [0.717, 1.165) is 8.95 Å². The monoisotopic (exact) mass is 534 g/mol. The van der Waals surface area contributed by atoms with E-state index in [4.69, 9.17) is 16.3 Å². The first-order chi connectivity index (χ1) is 8.86. The predicted molar refractivity (Wildman–Crippen MR) is 91.1 cm³/mol. The molecule has 1 aliphatic carbocycles. The zero-order chi connectivity index (χ0) is 14.2. The molecular weight excluding hydrogens is 531 g/mol. The predicted octanol–water partition coefficient (Wildman–Crippen LogP) is 5.46. The van der Waals surface area contributed by atoms with Gasteiger partial charge in [-0.15, -0.1) is 0 Å². The van der Waals surface area contributed by atoms with Crippen LogP contribution in [0.3, 0.4) is 0 Å². The molecule has 0 spiro atoms. The third-order valence-electron chi connectivity index (χ3n) is 2.49. The van der Waals surface area contributed by atoms with Crippen LogP contribution in [0.5, 0.6) is 5.75 Å². The second-order valence-corrected chi connectivity index (χ2v) is 7.79. The van der Waals surface area contributed by atoms with E-state index in [0.29, 0.717) is 15.3 Å². The lowest BCUT2D eigenvalue weighted by atomic mass is 10.1. The van der Waals surface area contributed by atoms with Crippen molar-refractivity contribution in [1.29, 1.82) is 0 Å². The van der Waals surface area contributed by atoms with Crippen LogP contribution in [-0.4, -0.2) is 15.7 Å². The molecule has 0 saturated carbocycles. The van der Waals surface area contributed by atoms with Crippen molar-refractivity contribution < 1.29 is 9.84 Å². The minimum Gasteiger partial charge on any atom is -0.467 e. The first-order valence-electron chi connectivity index (χ1n) is 5.10. The van der Waals surface area contributed by atoms with Gasteiger partial charge in [0.05, 0.1) is 14.0 Å². The fourth-order valence-corrected chi connectivity index (χ4v) is 3.50. The SMILES string of the molecule is OC1C=CC(Cl)=C(Br)C1(Br)Oc1cccc(Br)c1Br. The summed E-state index contributed by atoms with van der Waals surface area (Å²) in [6.07, 6.45) is 2.30. The average molecular weight is 538 g/mol. The molecule has 2 unspecified atom stereocenters. The minimum atomic E-state index is -1.15. The van der Waals surface area contributed by atoms with Crippen LogP contribution in [0.15, 0.2) is 48.8 Å². The van der Waals surface area contributed by atoms with Crippen LogP contribution in [0.1, 0.15) is 0 Å². The molecule has 0 aliphatic heterocycles. The highest BCUT2D eigenvalue weighted by Crippen LogP contribution is 2.45. The average Bonchev–Trinajstić information content (AvgIpc) is 2.38. The molecule has 102 valence electrons. The largest absolute Gasteiger partial charge is 0.467 e. The van der Waals surface area contributed by atoms with E-state index in [-0.39, 0.29) is 0 Å². The number of aliphatic hydroxyl groups is 1. The highest BCUT2D eigenvalue weighted by atomic mass is 79.9. The molecule has 19 heavy (non-hydrogen) atoms. The number of halogens is 5. The molecule has 7 heteroatoms. The Morgan fingerprint density at radius 2 is 1.95 bits per heavy atom. The summed E-state index contributed by atoms with van der Waals surface area (Å²) < 4.78 is 6.89. The van der Waals surface area contributed by atoms with E-state index in [1.807, 2.05) is 12.1 Å². The summed E-state index contributed by atoms with van der Waals surface area (Å²) >= 11 is 19.7. The Labute approximate surface area is 149 Å². The number of hydrogen-bond donors (Lipinski definition) is 1. The first-order valence-corrected chi connectivity index (χ1v) is 8.65. The molecule has 2 atom stereocenters. The number of hydrogen-bond acceptors (Lipinski definition) is 2. The van der Waals surface area contributed by atoms with E-state index >= 15 is 0 Å². The summed E-state index contributed by atoms with van der Waals surface area (Å²) in [6, 6.07) is 5.51. The van der Waals surface area contributed by atoms with Gasteiger partial charge in [-0.3, -0.25) is 0 Å². The number of ether oxygens (including phenoxy) is 1. The second kappa shape index (κ2) is 6.20. The van der Waals surface area contributed by atoms with Gasteiger partial charge in [0.2, 0.25) is 4.51 Å². The van der Waals surface area contributed by atoms with E-state index in [9.17, 15) is 5.11 Å². The van der Waals surface area contributed by atoms with Gasteiger partial charge in [-0.25, -0.2) is 0 Å². The van der Waals surface area contributed by atoms with Gasteiger partial charge in [0.15, 0.2) is 0 Å². The normalized spacial score (nSPS) is 26.7. The van der Waals surface area contributed by atoms with Crippen LogP contribution >= 0.6 is 75.3 Å². The minimum absolute atomic E-state index is 0.466. The van der Waals surface area contributed by atoms with Crippen molar-refractivity contribution >= 4 is 75.3 Å². The number of benzene rings is 1. The summed E-state index contributed by atoms with van der Waals surface area (Å²) in [5.74, 6) is 0.571. The van der Waals surface area contributed by atoms with Crippen LogP contribution in [0, 0.1) is 0 Å². The van der Waals surface area contributed by atoms with Gasteiger partial charge in [-0.2, -0.15) is 0 Å². The molecule has 1 N–H and O–H groups in total. The molecule has 1 aromatic rings. The lowest BCUT2D eigenvalue weighted by Crippen LogP contribution is -2.43. The third-order valence-corrected chi connectivity index (χ3v) is 7.62. The van der Waals surface area contributed by atoms with Gasteiger partial charge < -0.3 is 9.84 Å². The number of rotatable bonds is 2. The number of aliphatic hydroxyl groups excluding tert-OH is 1. The fourth-order valence-electron chi connectivity index (χ4n) is 1.49. The molecule has 0 heterocycles. The molecule has 0 saturated heterocycles. The quantitative estimate of drug-likeness (QED) is 0.508. The fraction of sp³-hybridized carbons (Fsp3) is 0.167. The second-order valence-electron chi connectivity index (χ2n) is 3.76. The Kier molecular flexibility index (Phi) is 5.23. The van der Waals surface area contributed by atoms with Gasteiger partial charge >= 0.3 is 0 Å². The van der Waals surface area contributed by atoms with Gasteiger partial charge in [-0.05, 0) is 88.0 Å². The highest BCUT2D eigenvalue weighted by molar-refractivity contribution is 9.14. The lowest BCUT2D eigenvalue weighted by Gasteiger charge is -2.34. The van der Waals surface area contributed by atoms with E-state index < -0.39 is 10.6 Å². The van der Waals surface area contributed by atoms with Crippen molar-refractivity contribution in [1.82, 2.24) is 0 Å². The smallest absolute Gasteiger partial charge is 0.225 e. The third kappa shape index (κ3) is 3.14. The molecule has 0 bridgehead atoms. The molecule has 2 nitrogen and oxygen atoms in total. The summed E-state index contributed by atoms with van der Waals surface area (Å²) in [7, 11) is 0. The first kappa shape index (κ1) is 16.0. The zero-order valence-electron chi connectivity index (χ0n) is 9.21. The van der Waals surface area contributed by atoms with Crippen LogP contribution in [0.4, 0.5) is 0 Å². The maximum Gasteiger partial charge on any atom is 0.225 e. The Bertz CT molecular complexity index is 573. The van der Waals surface area contributed by atoms with Crippen LogP contribution in [-0.2, 0) is 0 Å². The lowest BCUT2D eigenvalue weighted by molar-refractivity contribution is 0.0740. The molecule has 0 amide bonds. The molecule has 2 rings (SSSR count). The van der Waals surface area contributed by atoms with Crippen LogP contribution in [0.2, 0.25) is 0 Å². The van der Waals surface area contributed by atoms with Crippen LogP contribution in [0.25, 0.3) is 0 Å². The van der Waals surface area contributed by atoms with Crippen molar-refractivity contribution in [3.63, 3.8) is 0 Å². The van der Waals surface area contributed by atoms with Crippen molar-refractivity contribution in [3.8, 4) is 5.75 Å². The standard InChI is InChI=1S/C12H7Br4ClO2/c13-6-2-1-3-8(10(6)14)19-12(16)9(18)5-4-7(17)11(12)15/h1-5,9,18H. The number of alkyl halides is 1. The Hall–Kier alpha value is 0.670. The highest BCUT2D eigenvalue weighted by Gasteiger charge is 2.43. The van der Waals surface area contributed by atoms with Crippen molar-refractivity contribution in [2.75, 3.05) is 0 Å². The Morgan fingerprint density at radius 1 is 1.26 bits per heavy atom. The summed E-state index contributed by atoms with van der Waals surface area (Å²) in [4.78, 5) is 0. The van der Waals surface area contributed by atoms with Crippen molar-refractivity contribution in [2.24, 2.45) is 0 Å². The van der Waals surface area contributed by atoms with Gasteiger partial charge in [0.25, 0.3) is 0 Å². The molecule has 0 fully saturated rings. The molecule has 1 aromatic carbocycles. The zero-order valence-corrected chi connectivity index (χ0v) is 16.3. The molecule has 0 radical (unpaired) electrons. The van der Waals surface area contributed by atoms with Gasteiger partial charge in [-0.1, -0.05) is 17.7 Å². The van der Waals surface area contributed by atoms with E-state index in [1.54, 1.807) is 18.2 Å². The Balaban J connectivity index is 2.41. The van der Waals surface area contributed by atoms with Crippen molar-refractivity contribution in [2.45, 2.75) is 10.6 Å². The molecular formula is C12H7Br4ClO2. The summed E-state index contributed by atoms with van der Waals surface area (Å²) in [5.41, 5.74) is 0. The molecule has 0 aromatic heterocycles. The number of allylic oxidation sites excluding steroid dienone is 2. The van der Waals surface area contributed by atoms with Crippen LogP contribution < -0.4 is 4.74 Å².